The normalized spacial score (nSPS) is 11.7. The molecule has 1 aliphatic heterocycles. The molecule has 0 saturated heterocycles. The first-order chi connectivity index (χ1) is 21.0. The Hall–Kier alpha value is -3.81. The van der Waals surface area contributed by atoms with E-state index in [9.17, 15) is 4.79 Å². The molecular formula is C31H26B4ClN3O3S. The van der Waals surface area contributed by atoms with Crippen molar-refractivity contribution < 1.29 is 14.3 Å². The second kappa shape index (κ2) is 13.2. The lowest BCUT2D eigenvalue weighted by molar-refractivity contribution is -0.116. The summed E-state index contributed by atoms with van der Waals surface area (Å²) in [6.07, 6.45) is 0. The smallest absolute Gasteiger partial charge is 0.242 e. The van der Waals surface area contributed by atoms with E-state index in [1.807, 2.05) is 78.1 Å². The second-order valence-electron chi connectivity index (χ2n) is 10.2. The van der Waals surface area contributed by atoms with Gasteiger partial charge in [-0.15, -0.1) is 22.9 Å². The highest BCUT2D eigenvalue weighted by Gasteiger charge is 2.21. The lowest BCUT2D eigenvalue weighted by atomic mass is 9.09. The summed E-state index contributed by atoms with van der Waals surface area (Å²) in [5, 5.41) is 1.02. The number of carbonyl (C=O) groups excluding carboxylic acids is 1. The van der Waals surface area contributed by atoms with Crippen LogP contribution in [0.15, 0.2) is 84.9 Å². The van der Waals surface area contributed by atoms with Crippen molar-refractivity contribution in [3.63, 3.8) is 0 Å². The molecule has 0 N–H and O–H groups in total. The van der Waals surface area contributed by atoms with E-state index in [0.717, 1.165) is 32.8 Å². The van der Waals surface area contributed by atoms with Crippen LogP contribution in [0.5, 0.6) is 11.5 Å². The number of halogens is 1. The standard InChI is InChI=1S/C31H26B4ClN3O3S/c1-20-7-13-26-29(15-20)43-31(37-26)21-8-10-23(11-9-21)38(2)35-34-33-32-25-6-4-3-5-22(25)18-39(30(40)17-36)24-12-14-27-28(16-24)42-19-41-27/h3-16H,17-19H2,1-2H3. The van der Waals surface area contributed by atoms with Gasteiger partial charge in [0.05, 0.1) is 23.9 Å². The Bertz CT molecular complexity index is 1750. The van der Waals surface area contributed by atoms with Gasteiger partial charge in [-0.3, -0.25) is 4.79 Å². The molecule has 1 amide bonds. The Morgan fingerprint density at radius 2 is 1.74 bits per heavy atom. The Kier molecular flexibility index (Phi) is 9.00. The van der Waals surface area contributed by atoms with Crippen molar-refractivity contribution in [2.75, 3.05) is 29.4 Å². The van der Waals surface area contributed by atoms with Gasteiger partial charge in [-0.25, -0.2) is 4.98 Å². The SMILES string of the molecule is Cc1ccc2nc(-c3ccc(N(C)[B][B][B][B]c4ccccc4CN(C(=O)CCl)c4ccc5c(c4)OCO5)cc3)sc2c1. The van der Waals surface area contributed by atoms with Crippen LogP contribution in [0.4, 0.5) is 11.4 Å². The van der Waals surface area contributed by atoms with E-state index < -0.39 is 0 Å². The van der Waals surface area contributed by atoms with Crippen LogP contribution in [0.1, 0.15) is 11.1 Å². The number of aryl methyl sites for hydroxylation is 1. The molecule has 0 atom stereocenters. The summed E-state index contributed by atoms with van der Waals surface area (Å²) in [6.45, 7) is 2.65. The number of aromatic nitrogens is 1. The van der Waals surface area contributed by atoms with E-state index in [1.54, 1.807) is 16.2 Å². The van der Waals surface area contributed by atoms with E-state index in [2.05, 4.69) is 54.2 Å². The predicted octanol–water partition coefficient (Wildman–Crippen LogP) is 5.01. The van der Waals surface area contributed by atoms with Crippen LogP contribution in [0.2, 0.25) is 0 Å². The minimum absolute atomic E-state index is 0.122. The molecule has 0 unspecified atom stereocenters. The third-order valence-corrected chi connectivity index (χ3v) is 8.52. The van der Waals surface area contributed by atoms with E-state index >= 15 is 0 Å². The van der Waals surface area contributed by atoms with Gasteiger partial charge in [0.2, 0.25) is 12.7 Å². The number of benzene rings is 4. The van der Waals surface area contributed by atoms with Crippen molar-refractivity contribution in [1.82, 2.24) is 4.98 Å². The fraction of sp³-hybridized carbons (Fsp3) is 0.161. The number of carbonyl (C=O) groups is 1. The van der Waals surface area contributed by atoms with Gasteiger partial charge in [-0.05, 0) is 73.6 Å². The maximum absolute atomic E-state index is 12.8. The highest BCUT2D eigenvalue weighted by Crippen LogP contribution is 2.36. The minimum atomic E-state index is -0.190. The first-order valence-corrected chi connectivity index (χ1v) is 15.2. The van der Waals surface area contributed by atoms with E-state index in [1.165, 1.54) is 10.3 Å². The third-order valence-electron chi connectivity index (χ3n) is 7.23. The van der Waals surface area contributed by atoms with Gasteiger partial charge in [0.15, 0.2) is 18.8 Å². The molecule has 208 valence electrons. The van der Waals surface area contributed by atoms with E-state index in [4.69, 9.17) is 26.1 Å². The summed E-state index contributed by atoms with van der Waals surface area (Å²) < 4.78 is 12.1. The molecule has 0 saturated carbocycles. The Morgan fingerprint density at radius 1 is 0.953 bits per heavy atom. The molecule has 12 heteroatoms. The number of thiazole rings is 1. The van der Waals surface area contributed by atoms with Gasteiger partial charge < -0.3 is 19.2 Å². The summed E-state index contributed by atoms with van der Waals surface area (Å²) in [5.41, 5.74) is 7.18. The van der Waals surface area contributed by atoms with Gasteiger partial charge in [-0.1, -0.05) is 35.8 Å². The molecule has 0 fully saturated rings. The number of ether oxygens (including phenoxy) is 2. The second-order valence-corrected chi connectivity index (χ2v) is 11.5. The van der Waals surface area contributed by atoms with Crippen LogP contribution >= 0.6 is 22.9 Å². The number of anilines is 2. The van der Waals surface area contributed by atoms with E-state index in [0.29, 0.717) is 23.7 Å². The Labute approximate surface area is 263 Å². The molecule has 5 aromatic rings. The topological polar surface area (TPSA) is 54.9 Å². The average Bonchev–Trinajstić information content (AvgIpc) is 3.68. The maximum Gasteiger partial charge on any atom is 0.242 e. The number of hydrogen-bond acceptors (Lipinski definition) is 6. The third kappa shape index (κ3) is 6.73. The number of rotatable bonds is 11. The molecule has 1 aliphatic rings. The summed E-state index contributed by atoms with van der Waals surface area (Å²) in [7, 11) is 10.1. The molecule has 1 aromatic heterocycles. The van der Waals surface area contributed by atoms with Crippen molar-refractivity contribution in [2.45, 2.75) is 13.5 Å². The lowest BCUT2D eigenvalue weighted by Crippen LogP contribution is -2.38. The zero-order chi connectivity index (χ0) is 29.8. The maximum atomic E-state index is 12.8. The van der Waals surface area contributed by atoms with Gasteiger partial charge in [0.1, 0.15) is 10.9 Å². The van der Waals surface area contributed by atoms with Crippen LogP contribution in [0, 0.1) is 6.92 Å². The molecule has 0 aliphatic carbocycles. The predicted molar refractivity (Wildman–Crippen MR) is 182 cm³/mol. The van der Waals surface area contributed by atoms with Crippen molar-refractivity contribution in [3.05, 3.63) is 96.1 Å². The van der Waals surface area contributed by atoms with Crippen molar-refractivity contribution in [1.29, 1.82) is 0 Å². The highest BCUT2D eigenvalue weighted by atomic mass is 35.5. The molecule has 0 bridgehead atoms. The molecule has 6 rings (SSSR count). The Balaban J connectivity index is 1.05. The number of alkyl halides is 1. The fourth-order valence-electron chi connectivity index (χ4n) is 4.88. The monoisotopic (exact) mass is 599 g/mol. The Morgan fingerprint density at radius 3 is 2.58 bits per heavy atom. The van der Waals surface area contributed by atoms with Crippen LogP contribution < -0.4 is 24.6 Å². The molecule has 4 aromatic carbocycles. The molecule has 43 heavy (non-hydrogen) atoms. The number of fused-ring (bicyclic) bond motifs is 2. The largest absolute Gasteiger partial charge is 0.454 e. The van der Waals surface area contributed by atoms with Crippen molar-refractivity contribution in [2.24, 2.45) is 0 Å². The van der Waals surface area contributed by atoms with Crippen molar-refractivity contribution in [3.8, 4) is 22.1 Å². The summed E-state index contributed by atoms with van der Waals surface area (Å²) in [6, 6.07) is 28.3. The van der Waals surface area contributed by atoms with Crippen LogP contribution in [0.25, 0.3) is 20.8 Å². The first kappa shape index (κ1) is 29.3. The molecule has 0 spiro atoms. The first-order valence-electron chi connectivity index (χ1n) is 13.9. The fourth-order valence-corrected chi connectivity index (χ4v) is 6.09. The van der Waals surface area contributed by atoms with Crippen molar-refractivity contribution >= 4 is 84.5 Å². The zero-order valence-corrected chi connectivity index (χ0v) is 25.4. The highest BCUT2D eigenvalue weighted by molar-refractivity contribution is 7.46. The van der Waals surface area contributed by atoms with Crippen LogP contribution in [0.3, 0.4) is 0 Å². The van der Waals surface area contributed by atoms with E-state index in [-0.39, 0.29) is 18.6 Å². The summed E-state index contributed by atoms with van der Waals surface area (Å²) >= 11 is 7.70. The van der Waals surface area contributed by atoms with Crippen LogP contribution in [-0.2, 0) is 11.3 Å². The molecule has 4 radical (unpaired) electrons. The van der Waals surface area contributed by atoms with Crippen LogP contribution in [-0.4, -0.2) is 59.2 Å². The van der Waals surface area contributed by atoms with Gasteiger partial charge in [0.25, 0.3) is 0 Å². The minimum Gasteiger partial charge on any atom is -0.454 e. The molecular weight excluding hydrogens is 573 g/mol. The number of nitrogens with zero attached hydrogens (tertiary/aromatic N) is 3. The number of amides is 1. The molecule has 2 heterocycles. The quantitative estimate of drug-likeness (QED) is 0.122. The average molecular weight is 599 g/mol. The molecule has 6 nitrogen and oxygen atoms in total. The lowest BCUT2D eigenvalue weighted by Gasteiger charge is -2.24. The summed E-state index contributed by atoms with van der Waals surface area (Å²) in [4.78, 5) is 21.4. The van der Waals surface area contributed by atoms with Gasteiger partial charge >= 0.3 is 0 Å². The van der Waals surface area contributed by atoms with Gasteiger partial charge in [-0.2, -0.15) is 0 Å². The number of hydrogen-bond donors (Lipinski definition) is 0. The zero-order valence-electron chi connectivity index (χ0n) is 23.9. The van der Waals surface area contributed by atoms with Gasteiger partial charge in [0, 0.05) is 37.1 Å². The summed E-state index contributed by atoms with van der Waals surface area (Å²) in [5.74, 6) is 0.975.